The summed E-state index contributed by atoms with van der Waals surface area (Å²) in [4.78, 5) is 36.1. The first-order chi connectivity index (χ1) is 16.4. The van der Waals surface area contributed by atoms with Crippen LogP contribution in [0.1, 0.15) is 11.6 Å². The van der Waals surface area contributed by atoms with Crippen molar-refractivity contribution in [2.24, 2.45) is 7.05 Å². The Balaban J connectivity index is 1.65. The van der Waals surface area contributed by atoms with Gasteiger partial charge in [-0.15, -0.1) is 0 Å². The number of halogens is 1. The number of amides is 1. The minimum Gasteiger partial charge on any atom is -0.465 e. The van der Waals surface area contributed by atoms with Crippen molar-refractivity contribution in [1.29, 1.82) is 0 Å². The summed E-state index contributed by atoms with van der Waals surface area (Å²) in [6, 6.07) is 18.7. The maximum atomic E-state index is 11.8. The van der Waals surface area contributed by atoms with Crippen LogP contribution in [-0.4, -0.2) is 50.3 Å². The number of benzene rings is 2. The molecule has 0 saturated carbocycles. The van der Waals surface area contributed by atoms with Gasteiger partial charge in [0, 0.05) is 44.3 Å². The van der Waals surface area contributed by atoms with Gasteiger partial charge in [-0.2, -0.15) is 4.98 Å². The summed E-state index contributed by atoms with van der Waals surface area (Å²) < 4.78 is 1.54. The van der Waals surface area contributed by atoms with Crippen molar-refractivity contribution in [3.63, 3.8) is 0 Å². The number of hydrogen-bond donors (Lipinski definition) is 1. The van der Waals surface area contributed by atoms with Crippen LogP contribution in [0.4, 0.5) is 10.6 Å². The van der Waals surface area contributed by atoms with Gasteiger partial charge in [-0.3, -0.25) is 4.79 Å². The Morgan fingerprint density at radius 2 is 1.79 bits per heavy atom. The molecule has 0 radical (unpaired) electrons. The van der Waals surface area contributed by atoms with Crippen molar-refractivity contribution in [2.45, 2.75) is 6.04 Å². The Bertz CT molecular complexity index is 1440. The molecular formula is C25H22ClN5O3. The third-order valence-corrected chi connectivity index (χ3v) is 6.34. The van der Waals surface area contributed by atoms with Gasteiger partial charge in [-0.25, -0.2) is 9.78 Å². The molecule has 2 aromatic heterocycles. The van der Waals surface area contributed by atoms with E-state index in [0.29, 0.717) is 31.0 Å². The Hall–Kier alpha value is -3.91. The Morgan fingerprint density at radius 3 is 2.53 bits per heavy atom. The third kappa shape index (κ3) is 4.08. The topological polar surface area (TPSA) is 91.6 Å². The SMILES string of the molecule is Cn1cc(-c2ccc3nc(Cl)nc(N4CCN(C(=O)O)C[C@@H]4c4ccccc4)c3c2)ccc1=O. The van der Waals surface area contributed by atoms with Crippen molar-refractivity contribution < 1.29 is 9.90 Å². The standard InChI is InChI=1S/C25H22ClN5O3/c1-29-14-18(8-10-22(29)32)17-7-9-20-19(13-17)23(28-24(26)27-20)31-12-11-30(25(33)34)15-21(31)16-5-3-2-4-6-16/h2-10,13-14,21H,11-12,15H2,1H3,(H,33,34)/t21-/m1/s1. The second kappa shape index (κ2) is 8.79. The smallest absolute Gasteiger partial charge is 0.407 e. The molecule has 1 aliphatic heterocycles. The highest BCUT2D eigenvalue weighted by Gasteiger charge is 2.32. The van der Waals surface area contributed by atoms with E-state index in [-0.39, 0.29) is 16.9 Å². The van der Waals surface area contributed by atoms with E-state index in [1.165, 1.54) is 15.5 Å². The number of carbonyl (C=O) groups is 1. The average Bonchev–Trinajstić information content (AvgIpc) is 2.85. The van der Waals surface area contributed by atoms with Crippen molar-refractivity contribution in [1.82, 2.24) is 19.4 Å². The fraction of sp³-hybridized carbons (Fsp3) is 0.200. The summed E-state index contributed by atoms with van der Waals surface area (Å²) in [5.74, 6) is 0.653. The maximum Gasteiger partial charge on any atom is 0.407 e. The molecule has 1 amide bonds. The Kier molecular flexibility index (Phi) is 5.67. The summed E-state index contributed by atoms with van der Waals surface area (Å²) in [5, 5.41) is 10.6. The summed E-state index contributed by atoms with van der Waals surface area (Å²) in [6.45, 7) is 1.11. The first kappa shape index (κ1) is 21.9. The van der Waals surface area contributed by atoms with Crippen LogP contribution in [0.15, 0.2) is 71.7 Å². The number of piperazine rings is 1. The van der Waals surface area contributed by atoms with E-state index in [0.717, 1.165) is 22.1 Å². The van der Waals surface area contributed by atoms with Gasteiger partial charge in [0.2, 0.25) is 10.8 Å². The molecule has 1 fully saturated rings. The van der Waals surface area contributed by atoms with Crippen LogP contribution >= 0.6 is 11.6 Å². The van der Waals surface area contributed by atoms with Crippen molar-refractivity contribution >= 4 is 34.4 Å². The molecule has 0 bridgehead atoms. The fourth-order valence-electron chi connectivity index (χ4n) is 4.42. The first-order valence-electron chi connectivity index (χ1n) is 10.8. The lowest BCUT2D eigenvalue weighted by atomic mass is 10.0. The molecule has 0 aliphatic carbocycles. The van der Waals surface area contributed by atoms with Crippen LogP contribution in [0.5, 0.6) is 0 Å². The molecule has 3 heterocycles. The molecule has 5 rings (SSSR count). The van der Waals surface area contributed by atoms with E-state index in [1.807, 2.05) is 48.5 Å². The lowest BCUT2D eigenvalue weighted by Crippen LogP contribution is -2.50. The molecule has 1 saturated heterocycles. The normalized spacial score (nSPS) is 16.1. The van der Waals surface area contributed by atoms with Crippen LogP contribution in [0.25, 0.3) is 22.0 Å². The minimum absolute atomic E-state index is 0.0812. The highest BCUT2D eigenvalue weighted by molar-refractivity contribution is 6.28. The van der Waals surface area contributed by atoms with Crippen molar-refractivity contribution in [2.75, 3.05) is 24.5 Å². The molecule has 1 aliphatic rings. The van der Waals surface area contributed by atoms with Crippen LogP contribution < -0.4 is 10.5 Å². The summed E-state index contributed by atoms with van der Waals surface area (Å²) in [5.41, 5.74) is 3.40. The molecule has 9 heteroatoms. The number of pyridine rings is 1. The van der Waals surface area contributed by atoms with Gasteiger partial charge in [0.1, 0.15) is 5.82 Å². The number of carboxylic acid groups (broad SMARTS) is 1. The van der Waals surface area contributed by atoms with E-state index in [4.69, 9.17) is 11.6 Å². The van der Waals surface area contributed by atoms with Gasteiger partial charge in [0.15, 0.2) is 0 Å². The van der Waals surface area contributed by atoms with E-state index in [2.05, 4.69) is 14.9 Å². The molecule has 0 unspecified atom stereocenters. The highest BCUT2D eigenvalue weighted by atomic mass is 35.5. The Morgan fingerprint density at radius 1 is 1.03 bits per heavy atom. The minimum atomic E-state index is -0.942. The number of hydrogen-bond acceptors (Lipinski definition) is 5. The molecule has 34 heavy (non-hydrogen) atoms. The van der Waals surface area contributed by atoms with Gasteiger partial charge in [0.05, 0.1) is 11.6 Å². The molecule has 1 atom stereocenters. The van der Waals surface area contributed by atoms with Gasteiger partial charge < -0.3 is 19.5 Å². The zero-order valence-corrected chi connectivity index (χ0v) is 19.2. The number of fused-ring (bicyclic) bond motifs is 1. The molecule has 8 nitrogen and oxygen atoms in total. The van der Waals surface area contributed by atoms with E-state index in [1.54, 1.807) is 19.3 Å². The maximum absolute atomic E-state index is 11.8. The molecule has 4 aromatic rings. The molecule has 172 valence electrons. The van der Waals surface area contributed by atoms with Crippen LogP contribution in [0.2, 0.25) is 5.28 Å². The van der Waals surface area contributed by atoms with E-state index < -0.39 is 6.09 Å². The number of aromatic nitrogens is 3. The largest absolute Gasteiger partial charge is 0.465 e. The fourth-order valence-corrected chi connectivity index (χ4v) is 4.59. The number of aryl methyl sites for hydroxylation is 1. The van der Waals surface area contributed by atoms with Gasteiger partial charge in [-0.05, 0) is 46.5 Å². The quantitative estimate of drug-likeness (QED) is 0.447. The number of nitrogens with zero attached hydrogens (tertiary/aromatic N) is 5. The molecule has 2 aromatic carbocycles. The highest BCUT2D eigenvalue weighted by Crippen LogP contribution is 2.36. The molecular weight excluding hydrogens is 454 g/mol. The van der Waals surface area contributed by atoms with E-state index in [9.17, 15) is 14.7 Å². The van der Waals surface area contributed by atoms with Crippen LogP contribution in [-0.2, 0) is 7.05 Å². The molecule has 0 spiro atoms. The van der Waals surface area contributed by atoms with Gasteiger partial charge in [0.25, 0.3) is 0 Å². The number of rotatable bonds is 3. The number of anilines is 1. The predicted molar refractivity (Wildman–Crippen MR) is 131 cm³/mol. The molecule has 1 N–H and O–H groups in total. The Labute approximate surface area is 200 Å². The summed E-state index contributed by atoms with van der Waals surface area (Å²) >= 11 is 6.32. The monoisotopic (exact) mass is 475 g/mol. The average molecular weight is 476 g/mol. The van der Waals surface area contributed by atoms with E-state index >= 15 is 0 Å². The van der Waals surface area contributed by atoms with Crippen molar-refractivity contribution in [3.8, 4) is 11.1 Å². The zero-order chi connectivity index (χ0) is 23.8. The van der Waals surface area contributed by atoms with Gasteiger partial charge >= 0.3 is 6.09 Å². The second-order valence-electron chi connectivity index (χ2n) is 8.26. The summed E-state index contributed by atoms with van der Waals surface area (Å²) in [6.07, 6.45) is 0.848. The second-order valence-corrected chi connectivity index (χ2v) is 8.60. The van der Waals surface area contributed by atoms with Crippen LogP contribution in [0, 0.1) is 0 Å². The predicted octanol–water partition coefficient (Wildman–Crippen LogP) is 4.19. The van der Waals surface area contributed by atoms with Gasteiger partial charge in [-0.1, -0.05) is 36.4 Å². The summed E-state index contributed by atoms with van der Waals surface area (Å²) in [7, 11) is 1.72. The first-order valence-corrected chi connectivity index (χ1v) is 11.2. The lowest BCUT2D eigenvalue weighted by Gasteiger charge is -2.41. The lowest BCUT2D eigenvalue weighted by molar-refractivity contribution is 0.134. The third-order valence-electron chi connectivity index (χ3n) is 6.17. The zero-order valence-electron chi connectivity index (χ0n) is 18.4. The van der Waals surface area contributed by atoms with Crippen LogP contribution in [0.3, 0.4) is 0 Å². The van der Waals surface area contributed by atoms with Crippen molar-refractivity contribution in [3.05, 3.63) is 88.1 Å².